The molecule has 0 amide bonds. The van der Waals surface area contributed by atoms with Crippen LogP contribution in [0.1, 0.15) is 33.0 Å². The van der Waals surface area contributed by atoms with Crippen LogP contribution in [0.5, 0.6) is 0 Å². The first-order valence-electron chi connectivity index (χ1n) is 5.94. The number of hydrogen-bond acceptors (Lipinski definition) is 3. The van der Waals surface area contributed by atoms with Crippen molar-refractivity contribution in [2.45, 2.75) is 37.5 Å². The topological polar surface area (TPSA) is 62.8 Å². The first-order valence-corrected chi connectivity index (χ1v) is 7.83. The molecule has 5 heteroatoms. The number of imidazole rings is 1. The molecule has 1 aromatic heterocycles. The number of fused-ring (bicyclic) bond motifs is 1. The Morgan fingerprint density at radius 3 is 2.56 bits per heavy atom. The summed E-state index contributed by atoms with van der Waals surface area (Å²) in [6.07, 6.45) is 2.17. The molecule has 0 bridgehead atoms. The summed E-state index contributed by atoms with van der Waals surface area (Å²) in [4.78, 5) is 8.07. The molecule has 1 N–H and O–H groups in total. The summed E-state index contributed by atoms with van der Waals surface area (Å²) < 4.78 is 23.0. The number of H-pyrrole nitrogens is 1. The van der Waals surface area contributed by atoms with Crippen molar-refractivity contribution >= 4 is 20.9 Å². The standard InChI is InChI=1S/C13H18N2O2S/c1-5-13(2,3)12-14-10-7-6-9(18(4,16)17)8-11(10)15-12/h6-8H,5H2,1-4H3,(H,14,15). The van der Waals surface area contributed by atoms with Crippen LogP contribution in [0.3, 0.4) is 0 Å². The van der Waals surface area contributed by atoms with Gasteiger partial charge in [0, 0.05) is 11.7 Å². The highest BCUT2D eigenvalue weighted by molar-refractivity contribution is 7.90. The van der Waals surface area contributed by atoms with E-state index in [2.05, 4.69) is 30.7 Å². The van der Waals surface area contributed by atoms with Gasteiger partial charge in [0.1, 0.15) is 5.82 Å². The second-order valence-corrected chi connectivity index (χ2v) is 7.29. The lowest BCUT2D eigenvalue weighted by atomic mass is 9.90. The summed E-state index contributed by atoms with van der Waals surface area (Å²) >= 11 is 0. The second kappa shape index (κ2) is 4.09. The van der Waals surface area contributed by atoms with E-state index in [1.807, 2.05) is 0 Å². The number of aromatic amines is 1. The Balaban J connectivity index is 2.60. The molecule has 0 fully saturated rings. The molecule has 0 saturated heterocycles. The molecular formula is C13H18N2O2S. The van der Waals surface area contributed by atoms with Gasteiger partial charge in [0.2, 0.25) is 0 Å². The van der Waals surface area contributed by atoms with Crippen molar-refractivity contribution < 1.29 is 8.42 Å². The van der Waals surface area contributed by atoms with Crippen LogP contribution in [0.25, 0.3) is 11.0 Å². The van der Waals surface area contributed by atoms with Crippen LogP contribution in [0.15, 0.2) is 23.1 Å². The average Bonchev–Trinajstić information content (AvgIpc) is 2.71. The van der Waals surface area contributed by atoms with E-state index in [4.69, 9.17) is 0 Å². The Hall–Kier alpha value is -1.36. The molecule has 1 heterocycles. The smallest absolute Gasteiger partial charge is 0.175 e. The van der Waals surface area contributed by atoms with Gasteiger partial charge < -0.3 is 4.98 Å². The third-order valence-electron chi connectivity index (χ3n) is 3.41. The van der Waals surface area contributed by atoms with Crippen molar-refractivity contribution in [1.82, 2.24) is 9.97 Å². The zero-order valence-corrected chi connectivity index (χ0v) is 11.9. The van der Waals surface area contributed by atoms with Crippen molar-refractivity contribution in [3.8, 4) is 0 Å². The highest BCUT2D eigenvalue weighted by atomic mass is 32.2. The number of nitrogens with zero attached hydrogens (tertiary/aromatic N) is 1. The van der Waals surface area contributed by atoms with Crippen molar-refractivity contribution in [1.29, 1.82) is 0 Å². The fourth-order valence-corrected chi connectivity index (χ4v) is 2.35. The van der Waals surface area contributed by atoms with Crippen molar-refractivity contribution in [2.24, 2.45) is 0 Å². The third-order valence-corrected chi connectivity index (χ3v) is 4.52. The van der Waals surface area contributed by atoms with E-state index < -0.39 is 9.84 Å². The normalized spacial score (nSPS) is 13.1. The SMILES string of the molecule is CCC(C)(C)c1nc2ccc(S(C)(=O)=O)cc2[nH]1. The van der Waals surface area contributed by atoms with Crippen LogP contribution >= 0.6 is 0 Å². The molecule has 0 spiro atoms. The number of hydrogen-bond donors (Lipinski definition) is 1. The zero-order valence-electron chi connectivity index (χ0n) is 11.1. The lowest BCUT2D eigenvalue weighted by Gasteiger charge is -2.18. The summed E-state index contributed by atoms with van der Waals surface area (Å²) in [5, 5.41) is 0. The van der Waals surface area contributed by atoms with Gasteiger partial charge in [0.05, 0.1) is 15.9 Å². The Kier molecular flexibility index (Phi) is 2.97. The Labute approximate surface area is 107 Å². The molecule has 98 valence electrons. The number of benzene rings is 1. The van der Waals surface area contributed by atoms with Crippen LogP contribution in [0, 0.1) is 0 Å². The fraction of sp³-hybridized carbons (Fsp3) is 0.462. The molecule has 0 aliphatic carbocycles. The van der Waals surface area contributed by atoms with Gasteiger partial charge in [0.15, 0.2) is 9.84 Å². The Morgan fingerprint density at radius 1 is 1.33 bits per heavy atom. The van der Waals surface area contributed by atoms with E-state index in [1.54, 1.807) is 18.2 Å². The maximum atomic E-state index is 11.5. The summed E-state index contributed by atoms with van der Waals surface area (Å²) in [5.41, 5.74) is 1.54. The number of aromatic nitrogens is 2. The molecule has 18 heavy (non-hydrogen) atoms. The zero-order chi connectivity index (χ0) is 13.6. The van der Waals surface area contributed by atoms with Crippen LogP contribution < -0.4 is 0 Å². The monoisotopic (exact) mass is 266 g/mol. The second-order valence-electron chi connectivity index (χ2n) is 5.27. The maximum absolute atomic E-state index is 11.5. The van der Waals surface area contributed by atoms with Gasteiger partial charge in [-0.05, 0) is 24.6 Å². The van der Waals surface area contributed by atoms with E-state index in [-0.39, 0.29) is 5.41 Å². The highest BCUT2D eigenvalue weighted by Gasteiger charge is 2.22. The first kappa shape index (κ1) is 13.1. The number of rotatable bonds is 3. The molecule has 0 unspecified atom stereocenters. The van der Waals surface area contributed by atoms with Crippen molar-refractivity contribution in [3.05, 3.63) is 24.0 Å². The lowest BCUT2D eigenvalue weighted by Crippen LogP contribution is -2.17. The van der Waals surface area contributed by atoms with Gasteiger partial charge in [-0.3, -0.25) is 0 Å². The molecule has 4 nitrogen and oxygen atoms in total. The first-order chi connectivity index (χ1) is 8.24. The Bertz CT molecular complexity index is 684. The minimum absolute atomic E-state index is 0.0374. The third kappa shape index (κ3) is 2.27. The van der Waals surface area contributed by atoms with Gasteiger partial charge in [-0.15, -0.1) is 0 Å². The molecule has 0 aliphatic heterocycles. The van der Waals surface area contributed by atoms with Crippen LogP contribution in [-0.2, 0) is 15.3 Å². The highest BCUT2D eigenvalue weighted by Crippen LogP contribution is 2.27. The number of nitrogens with one attached hydrogen (secondary N) is 1. The van der Waals surface area contributed by atoms with E-state index in [0.717, 1.165) is 23.3 Å². The fourth-order valence-electron chi connectivity index (χ4n) is 1.71. The Morgan fingerprint density at radius 2 is 2.00 bits per heavy atom. The van der Waals surface area contributed by atoms with Crippen LogP contribution in [0.4, 0.5) is 0 Å². The quantitative estimate of drug-likeness (QED) is 0.929. The van der Waals surface area contributed by atoms with Gasteiger partial charge in [-0.1, -0.05) is 20.8 Å². The van der Waals surface area contributed by atoms with E-state index in [9.17, 15) is 8.42 Å². The molecule has 0 radical (unpaired) electrons. The van der Waals surface area contributed by atoms with Crippen molar-refractivity contribution in [3.63, 3.8) is 0 Å². The minimum atomic E-state index is -3.17. The van der Waals surface area contributed by atoms with Gasteiger partial charge in [-0.2, -0.15) is 0 Å². The summed E-state index contributed by atoms with van der Waals surface area (Å²) in [5.74, 6) is 0.894. The van der Waals surface area contributed by atoms with Gasteiger partial charge in [-0.25, -0.2) is 13.4 Å². The van der Waals surface area contributed by atoms with E-state index >= 15 is 0 Å². The minimum Gasteiger partial charge on any atom is -0.341 e. The van der Waals surface area contributed by atoms with Gasteiger partial charge >= 0.3 is 0 Å². The maximum Gasteiger partial charge on any atom is 0.175 e. The summed E-state index contributed by atoms with van der Waals surface area (Å²) in [6, 6.07) is 4.99. The molecule has 1 aromatic carbocycles. The predicted octanol–water partition coefficient (Wildman–Crippen LogP) is 2.65. The lowest BCUT2D eigenvalue weighted by molar-refractivity contribution is 0.479. The van der Waals surface area contributed by atoms with Gasteiger partial charge in [0.25, 0.3) is 0 Å². The predicted molar refractivity (Wildman–Crippen MR) is 72.5 cm³/mol. The average molecular weight is 266 g/mol. The summed E-state index contributed by atoms with van der Waals surface area (Å²) in [6.45, 7) is 6.33. The number of sulfone groups is 1. The molecular weight excluding hydrogens is 248 g/mol. The largest absolute Gasteiger partial charge is 0.341 e. The van der Waals surface area contributed by atoms with E-state index in [1.165, 1.54) is 6.26 Å². The molecule has 2 aromatic rings. The molecule has 0 atom stereocenters. The van der Waals surface area contributed by atoms with Crippen molar-refractivity contribution in [2.75, 3.05) is 6.26 Å². The molecule has 0 aliphatic rings. The molecule has 0 saturated carbocycles. The van der Waals surface area contributed by atoms with Crippen LogP contribution in [-0.4, -0.2) is 24.6 Å². The summed E-state index contributed by atoms with van der Waals surface area (Å²) in [7, 11) is -3.17. The molecule has 2 rings (SSSR count). The van der Waals surface area contributed by atoms with E-state index in [0.29, 0.717) is 4.90 Å². The van der Waals surface area contributed by atoms with Crippen LogP contribution in [0.2, 0.25) is 0 Å².